The number of benzene rings is 1. The molecule has 1 aromatic heterocycles. The summed E-state index contributed by atoms with van der Waals surface area (Å²) < 4.78 is 5.98. The number of hydrogen-bond donors (Lipinski definition) is 1. The molecule has 0 fully saturated rings. The van der Waals surface area contributed by atoms with E-state index in [1.54, 1.807) is 4.90 Å². The van der Waals surface area contributed by atoms with E-state index in [1.165, 1.54) is 0 Å². The van der Waals surface area contributed by atoms with Gasteiger partial charge in [0.2, 0.25) is 0 Å². The number of nitrogens with zero attached hydrogens (tertiary/aromatic N) is 3. The van der Waals surface area contributed by atoms with Gasteiger partial charge in [-0.1, -0.05) is 26.8 Å². The van der Waals surface area contributed by atoms with Crippen LogP contribution in [0.4, 0.5) is 5.69 Å². The van der Waals surface area contributed by atoms with Crippen LogP contribution in [0.15, 0.2) is 24.3 Å². The highest BCUT2D eigenvalue weighted by Crippen LogP contribution is 2.41. The lowest BCUT2D eigenvalue weighted by molar-refractivity contribution is 0.0962. The van der Waals surface area contributed by atoms with E-state index in [0.29, 0.717) is 30.2 Å². The molecule has 0 saturated carbocycles. The van der Waals surface area contributed by atoms with Crippen LogP contribution in [-0.2, 0) is 12.0 Å². The van der Waals surface area contributed by atoms with Gasteiger partial charge in [-0.2, -0.15) is 0 Å². The van der Waals surface area contributed by atoms with Crippen molar-refractivity contribution in [1.82, 2.24) is 9.88 Å². The summed E-state index contributed by atoms with van der Waals surface area (Å²) in [4.78, 5) is 21.6. The third kappa shape index (κ3) is 3.48. The number of Topliss-reactive ketones (excluding diaryl/α,β-unsaturated/α-hetero) is 1. The average molecular weight is 393 g/mol. The predicted molar refractivity (Wildman–Crippen MR) is 114 cm³/mol. The number of hydrogen-bond acceptors (Lipinski definition) is 5. The van der Waals surface area contributed by atoms with Crippen molar-refractivity contribution in [3.63, 3.8) is 0 Å². The molecular weight excluding hydrogens is 364 g/mol. The van der Waals surface area contributed by atoms with Gasteiger partial charge in [-0.3, -0.25) is 10.2 Å². The van der Waals surface area contributed by atoms with Gasteiger partial charge in [-0.05, 0) is 30.5 Å². The number of carbonyl (C=O) groups is 1. The molecule has 6 heteroatoms. The number of aryl methyl sites for hydroxylation is 1. The molecule has 0 bridgehead atoms. The van der Waals surface area contributed by atoms with Crippen LogP contribution >= 0.6 is 0 Å². The quantitative estimate of drug-likeness (QED) is 0.809. The fraction of sp³-hybridized carbons (Fsp3) is 0.435. The summed E-state index contributed by atoms with van der Waals surface area (Å²) in [5, 5.41) is 8.45. The van der Waals surface area contributed by atoms with E-state index in [4.69, 9.17) is 10.1 Å². The molecule has 152 valence electrons. The Hall–Kier alpha value is -2.89. The standard InChI is InChI=1S/C23H28N4O2/c1-14-6-7-15-12-27(22(24)20(15)25-14)13-19(28)16-10-17(23(2,3)4)21-18(11-16)26(5)8-9-29-21/h6-7,10-11,24H,8-9,12-13H2,1-5H3. The van der Waals surface area contributed by atoms with Gasteiger partial charge >= 0.3 is 0 Å². The third-order valence-corrected chi connectivity index (χ3v) is 5.64. The maximum absolute atomic E-state index is 13.2. The van der Waals surface area contributed by atoms with Crippen molar-refractivity contribution in [1.29, 1.82) is 5.41 Å². The van der Waals surface area contributed by atoms with Gasteiger partial charge in [-0.15, -0.1) is 0 Å². The Balaban J connectivity index is 1.64. The number of carbonyl (C=O) groups excluding carboxylic acids is 1. The second kappa shape index (κ2) is 6.87. The predicted octanol–water partition coefficient (Wildman–Crippen LogP) is 3.54. The zero-order chi connectivity index (χ0) is 20.9. The number of likely N-dealkylation sites (N-methyl/N-ethyl adjacent to an activating group) is 1. The molecule has 0 unspecified atom stereocenters. The first-order valence-corrected chi connectivity index (χ1v) is 10.0. The molecule has 0 spiro atoms. The maximum atomic E-state index is 13.2. The van der Waals surface area contributed by atoms with Gasteiger partial charge in [0, 0.05) is 36.0 Å². The summed E-state index contributed by atoms with van der Waals surface area (Å²) in [7, 11) is 2.03. The first-order chi connectivity index (χ1) is 13.6. The summed E-state index contributed by atoms with van der Waals surface area (Å²) >= 11 is 0. The van der Waals surface area contributed by atoms with Crippen LogP contribution in [0.25, 0.3) is 0 Å². The zero-order valence-electron chi connectivity index (χ0n) is 17.8. The molecule has 0 aliphatic carbocycles. The van der Waals surface area contributed by atoms with Crippen LogP contribution in [0.5, 0.6) is 5.75 Å². The number of fused-ring (bicyclic) bond motifs is 2. The zero-order valence-corrected chi connectivity index (χ0v) is 17.8. The number of pyridine rings is 1. The van der Waals surface area contributed by atoms with Gasteiger partial charge in [0.05, 0.1) is 18.8 Å². The molecule has 0 saturated heterocycles. The number of rotatable bonds is 3. The Morgan fingerprint density at radius 3 is 2.76 bits per heavy atom. The van der Waals surface area contributed by atoms with E-state index < -0.39 is 0 Å². The van der Waals surface area contributed by atoms with Crippen molar-refractivity contribution in [2.45, 2.75) is 39.7 Å². The first kappa shape index (κ1) is 19.4. The smallest absolute Gasteiger partial charge is 0.182 e. The topological polar surface area (TPSA) is 69.5 Å². The molecule has 3 heterocycles. The molecule has 2 aliphatic rings. The minimum Gasteiger partial charge on any atom is -0.489 e. The van der Waals surface area contributed by atoms with Gasteiger partial charge in [0.15, 0.2) is 5.78 Å². The van der Waals surface area contributed by atoms with Gasteiger partial charge in [0.25, 0.3) is 0 Å². The number of aromatic nitrogens is 1. The Kier molecular flexibility index (Phi) is 4.60. The van der Waals surface area contributed by atoms with Crippen molar-refractivity contribution in [2.24, 2.45) is 0 Å². The van der Waals surface area contributed by atoms with E-state index in [2.05, 4.69) is 30.7 Å². The summed E-state index contributed by atoms with van der Waals surface area (Å²) in [6.45, 7) is 10.5. The van der Waals surface area contributed by atoms with Crippen LogP contribution in [-0.4, -0.2) is 48.2 Å². The maximum Gasteiger partial charge on any atom is 0.182 e. The SMILES string of the molecule is Cc1ccc2c(n1)C(=N)N(CC(=O)c1cc3c(c(C(C)(C)C)c1)OCCN3C)C2. The summed E-state index contributed by atoms with van der Waals surface area (Å²) in [6.07, 6.45) is 0. The van der Waals surface area contributed by atoms with Gasteiger partial charge < -0.3 is 14.5 Å². The lowest BCUT2D eigenvalue weighted by Gasteiger charge is -2.33. The molecule has 2 aliphatic heterocycles. The molecule has 1 aromatic carbocycles. The Labute approximate surface area is 172 Å². The van der Waals surface area contributed by atoms with Crippen LogP contribution < -0.4 is 9.64 Å². The van der Waals surface area contributed by atoms with E-state index in [1.807, 2.05) is 38.2 Å². The second-order valence-electron chi connectivity index (χ2n) is 8.98. The largest absolute Gasteiger partial charge is 0.489 e. The molecule has 1 N–H and O–H groups in total. The van der Waals surface area contributed by atoms with E-state index in [0.717, 1.165) is 34.8 Å². The molecule has 0 atom stereocenters. The number of ether oxygens (including phenoxy) is 1. The molecule has 6 nitrogen and oxygen atoms in total. The van der Waals surface area contributed by atoms with Gasteiger partial charge in [0.1, 0.15) is 23.9 Å². The molecule has 29 heavy (non-hydrogen) atoms. The van der Waals surface area contributed by atoms with Crippen LogP contribution in [0.1, 0.15) is 53.6 Å². The van der Waals surface area contributed by atoms with E-state index in [9.17, 15) is 4.79 Å². The third-order valence-electron chi connectivity index (χ3n) is 5.64. The Bertz CT molecular complexity index is 1010. The summed E-state index contributed by atoms with van der Waals surface area (Å²) in [6, 6.07) is 7.85. The first-order valence-electron chi connectivity index (χ1n) is 10.0. The monoisotopic (exact) mass is 392 g/mol. The van der Waals surface area contributed by atoms with Crippen molar-refractivity contribution >= 4 is 17.3 Å². The van der Waals surface area contributed by atoms with Crippen LogP contribution in [0.3, 0.4) is 0 Å². The molecule has 4 rings (SSSR count). The molecule has 0 radical (unpaired) electrons. The number of nitrogens with one attached hydrogen (secondary N) is 1. The minimum absolute atomic E-state index is 0.00607. The fourth-order valence-corrected chi connectivity index (χ4v) is 3.92. The lowest BCUT2D eigenvalue weighted by Crippen LogP contribution is -2.33. The van der Waals surface area contributed by atoms with Crippen LogP contribution in [0.2, 0.25) is 0 Å². The Morgan fingerprint density at radius 2 is 2.03 bits per heavy atom. The fourth-order valence-electron chi connectivity index (χ4n) is 3.92. The summed E-state index contributed by atoms with van der Waals surface area (Å²) in [5.74, 6) is 1.21. The van der Waals surface area contributed by atoms with Gasteiger partial charge in [-0.25, -0.2) is 4.98 Å². The Morgan fingerprint density at radius 1 is 1.28 bits per heavy atom. The highest BCUT2D eigenvalue weighted by Gasteiger charge is 2.30. The normalized spacial score (nSPS) is 15.8. The summed E-state index contributed by atoms with van der Waals surface area (Å²) in [5.41, 5.74) is 5.10. The molecular formula is C23H28N4O2. The van der Waals surface area contributed by atoms with Crippen molar-refractivity contribution < 1.29 is 9.53 Å². The minimum atomic E-state index is -0.142. The number of anilines is 1. The number of amidine groups is 1. The lowest BCUT2D eigenvalue weighted by atomic mass is 9.84. The average Bonchev–Trinajstić information content (AvgIpc) is 2.96. The van der Waals surface area contributed by atoms with Crippen molar-refractivity contribution in [3.05, 3.63) is 52.3 Å². The van der Waals surface area contributed by atoms with E-state index in [-0.39, 0.29) is 17.7 Å². The highest BCUT2D eigenvalue weighted by molar-refractivity contribution is 6.05. The second-order valence-corrected chi connectivity index (χ2v) is 8.98. The van der Waals surface area contributed by atoms with Crippen molar-refractivity contribution in [3.8, 4) is 5.75 Å². The highest BCUT2D eigenvalue weighted by atomic mass is 16.5. The van der Waals surface area contributed by atoms with Crippen LogP contribution in [0, 0.1) is 12.3 Å². The number of ketones is 1. The van der Waals surface area contributed by atoms with Crippen molar-refractivity contribution in [2.75, 3.05) is 31.6 Å². The molecule has 0 amide bonds. The van der Waals surface area contributed by atoms with E-state index >= 15 is 0 Å². The molecule has 2 aromatic rings.